The smallest absolute Gasteiger partial charge is 0.230 e. The lowest BCUT2D eigenvalue weighted by Crippen LogP contribution is -2.32. The number of halogens is 1. The fraction of sp³-hybridized carbons (Fsp3) is 0.462. The molecule has 1 fully saturated rings. The summed E-state index contributed by atoms with van der Waals surface area (Å²) in [6.45, 7) is 1.31. The maximum absolute atomic E-state index is 13.0. The topological polar surface area (TPSA) is 64.4 Å². The first-order chi connectivity index (χ1) is 9.15. The molecule has 3 N–H and O–H groups in total. The number of carbonyl (C=O) groups is 1. The van der Waals surface area contributed by atoms with Crippen molar-refractivity contribution >= 4 is 23.4 Å². The minimum absolute atomic E-state index is 0.0934. The van der Waals surface area contributed by atoms with Crippen molar-refractivity contribution in [1.29, 1.82) is 0 Å². The molecular formula is C13H17FN2O2S. The van der Waals surface area contributed by atoms with E-state index in [9.17, 15) is 9.18 Å². The second-order valence-electron chi connectivity index (χ2n) is 4.41. The number of benzene rings is 1. The van der Waals surface area contributed by atoms with Crippen LogP contribution in [0.25, 0.3) is 0 Å². The fourth-order valence-electron chi connectivity index (χ4n) is 1.86. The predicted molar refractivity (Wildman–Crippen MR) is 73.5 cm³/mol. The number of hydrogen-bond acceptors (Lipinski definition) is 4. The van der Waals surface area contributed by atoms with E-state index in [4.69, 9.17) is 10.5 Å². The van der Waals surface area contributed by atoms with E-state index in [0.29, 0.717) is 17.1 Å². The van der Waals surface area contributed by atoms with Gasteiger partial charge in [-0.3, -0.25) is 4.79 Å². The lowest BCUT2D eigenvalue weighted by Gasteiger charge is -2.11. The first-order valence-electron chi connectivity index (χ1n) is 6.21. The highest BCUT2D eigenvalue weighted by Crippen LogP contribution is 2.25. The van der Waals surface area contributed by atoms with Gasteiger partial charge in [0, 0.05) is 23.7 Å². The van der Waals surface area contributed by atoms with Crippen LogP contribution in [0, 0.1) is 5.82 Å². The number of amides is 1. The number of rotatable bonds is 5. The van der Waals surface area contributed by atoms with Crippen LogP contribution < -0.4 is 11.1 Å². The molecule has 1 atom stereocenters. The Hall–Kier alpha value is -1.27. The monoisotopic (exact) mass is 284 g/mol. The minimum atomic E-state index is -0.350. The zero-order valence-electron chi connectivity index (χ0n) is 10.5. The van der Waals surface area contributed by atoms with Gasteiger partial charge in [-0.15, -0.1) is 11.8 Å². The molecule has 6 heteroatoms. The van der Waals surface area contributed by atoms with E-state index in [2.05, 4.69) is 5.32 Å². The molecule has 1 aromatic rings. The largest absolute Gasteiger partial charge is 0.398 e. The number of carbonyl (C=O) groups excluding carboxylic acids is 1. The molecule has 0 aliphatic carbocycles. The number of thioether (sulfide) groups is 1. The molecular weight excluding hydrogens is 267 g/mol. The van der Waals surface area contributed by atoms with Gasteiger partial charge in [0.25, 0.3) is 0 Å². The van der Waals surface area contributed by atoms with Crippen molar-refractivity contribution in [2.24, 2.45) is 0 Å². The average Bonchev–Trinajstić information content (AvgIpc) is 2.90. The number of nitrogen functional groups attached to an aromatic ring is 1. The van der Waals surface area contributed by atoms with E-state index in [1.54, 1.807) is 0 Å². The zero-order valence-corrected chi connectivity index (χ0v) is 11.3. The lowest BCUT2D eigenvalue weighted by molar-refractivity contribution is -0.119. The summed E-state index contributed by atoms with van der Waals surface area (Å²) in [6, 6.07) is 4.15. The summed E-state index contributed by atoms with van der Waals surface area (Å²) in [7, 11) is 0. The van der Waals surface area contributed by atoms with Crippen LogP contribution in [-0.4, -0.2) is 30.9 Å². The van der Waals surface area contributed by atoms with E-state index in [-0.39, 0.29) is 23.6 Å². The van der Waals surface area contributed by atoms with Crippen molar-refractivity contribution in [1.82, 2.24) is 5.32 Å². The van der Waals surface area contributed by atoms with Crippen molar-refractivity contribution in [2.75, 3.05) is 24.6 Å². The molecule has 0 spiro atoms. The van der Waals surface area contributed by atoms with Crippen molar-refractivity contribution in [3.8, 4) is 0 Å². The van der Waals surface area contributed by atoms with E-state index in [1.807, 2.05) is 0 Å². The van der Waals surface area contributed by atoms with Crippen LogP contribution in [0.1, 0.15) is 12.8 Å². The summed E-state index contributed by atoms with van der Waals surface area (Å²) in [4.78, 5) is 12.2. The van der Waals surface area contributed by atoms with Crippen molar-refractivity contribution in [3.63, 3.8) is 0 Å². The molecule has 1 amide bonds. The summed E-state index contributed by atoms with van der Waals surface area (Å²) in [5.74, 6) is -0.221. The zero-order chi connectivity index (χ0) is 13.7. The van der Waals surface area contributed by atoms with Gasteiger partial charge in [-0.05, 0) is 31.0 Å². The van der Waals surface area contributed by atoms with E-state index in [0.717, 1.165) is 19.4 Å². The van der Waals surface area contributed by atoms with Gasteiger partial charge in [-0.2, -0.15) is 0 Å². The second-order valence-corrected chi connectivity index (χ2v) is 5.43. The molecule has 1 saturated heterocycles. The highest BCUT2D eigenvalue weighted by Gasteiger charge is 2.16. The first kappa shape index (κ1) is 14.1. The number of ether oxygens (including phenoxy) is 1. The van der Waals surface area contributed by atoms with Crippen LogP contribution in [-0.2, 0) is 9.53 Å². The quantitative estimate of drug-likeness (QED) is 0.639. The summed E-state index contributed by atoms with van der Waals surface area (Å²) in [6.07, 6.45) is 2.17. The Kier molecular flexibility index (Phi) is 5.04. The van der Waals surface area contributed by atoms with Crippen LogP contribution in [0.5, 0.6) is 0 Å². The third-order valence-electron chi connectivity index (χ3n) is 2.89. The normalized spacial score (nSPS) is 18.5. The molecule has 1 aromatic carbocycles. The number of nitrogens with one attached hydrogen (secondary N) is 1. The van der Waals surface area contributed by atoms with Crippen LogP contribution in [0.4, 0.5) is 10.1 Å². The molecule has 1 aliphatic heterocycles. The Balaban J connectivity index is 1.74. The fourth-order valence-corrected chi connectivity index (χ4v) is 2.68. The Bertz CT molecular complexity index is 450. The van der Waals surface area contributed by atoms with Crippen molar-refractivity contribution in [3.05, 3.63) is 24.0 Å². The van der Waals surface area contributed by atoms with Gasteiger partial charge in [0.1, 0.15) is 5.82 Å². The number of hydrogen-bond donors (Lipinski definition) is 2. The van der Waals surface area contributed by atoms with Gasteiger partial charge in [-0.1, -0.05) is 0 Å². The Morgan fingerprint density at radius 1 is 1.58 bits per heavy atom. The third kappa shape index (κ3) is 4.40. The van der Waals surface area contributed by atoms with Crippen LogP contribution in [0.3, 0.4) is 0 Å². The van der Waals surface area contributed by atoms with Gasteiger partial charge in [-0.25, -0.2) is 4.39 Å². The molecule has 104 valence electrons. The molecule has 19 heavy (non-hydrogen) atoms. The summed E-state index contributed by atoms with van der Waals surface area (Å²) in [5.41, 5.74) is 6.19. The molecule has 0 aromatic heterocycles. The van der Waals surface area contributed by atoms with Gasteiger partial charge >= 0.3 is 0 Å². The summed E-state index contributed by atoms with van der Waals surface area (Å²) in [5, 5.41) is 2.81. The Labute approximate surface area is 115 Å². The first-order valence-corrected chi connectivity index (χ1v) is 7.20. The number of anilines is 1. The Morgan fingerprint density at radius 2 is 2.42 bits per heavy atom. The third-order valence-corrected chi connectivity index (χ3v) is 3.96. The summed E-state index contributed by atoms with van der Waals surface area (Å²) < 4.78 is 18.4. The molecule has 4 nitrogen and oxygen atoms in total. The predicted octanol–water partition coefficient (Wildman–Crippen LogP) is 1.80. The van der Waals surface area contributed by atoms with Crippen LogP contribution in [0.2, 0.25) is 0 Å². The molecule has 0 radical (unpaired) electrons. The molecule has 0 saturated carbocycles. The maximum Gasteiger partial charge on any atom is 0.230 e. The van der Waals surface area contributed by atoms with Gasteiger partial charge in [0.15, 0.2) is 0 Å². The van der Waals surface area contributed by atoms with E-state index in [1.165, 1.54) is 30.0 Å². The van der Waals surface area contributed by atoms with Crippen molar-refractivity contribution < 1.29 is 13.9 Å². The molecule has 2 rings (SSSR count). The highest BCUT2D eigenvalue weighted by molar-refractivity contribution is 8.00. The molecule has 0 bridgehead atoms. The van der Waals surface area contributed by atoms with E-state index < -0.39 is 0 Å². The van der Waals surface area contributed by atoms with Crippen LogP contribution >= 0.6 is 11.8 Å². The van der Waals surface area contributed by atoms with E-state index >= 15 is 0 Å². The molecule has 1 aliphatic rings. The summed E-state index contributed by atoms with van der Waals surface area (Å²) >= 11 is 1.23. The van der Waals surface area contributed by atoms with Gasteiger partial charge in [0.2, 0.25) is 5.91 Å². The maximum atomic E-state index is 13.0. The average molecular weight is 284 g/mol. The SMILES string of the molecule is Nc1ccc(F)cc1SCC(=O)NCC1CCCO1. The molecule has 1 unspecified atom stereocenters. The lowest BCUT2D eigenvalue weighted by atomic mass is 10.2. The Morgan fingerprint density at radius 3 is 3.16 bits per heavy atom. The van der Waals surface area contributed by atoms with Gasteiger partial charge in [0.05, 0.1) is 11.9 Å². The molecule has 1 heterocycles. The number of nitrogens with two attached hydrogens (primary N) is 1. The van der Waals surface area contributed by atoms with Gasteiger partial charge < -0.3 is 15.8 Å². The van der Waals surface area contributed by atoms with Crippen molar-refractivity contribution in [2.45, 2.75) is 23.8 Å². The van der Waals surface area contributed by atoms with Crippen LogP contribution in [0.15, 0.2) is 23.1 Å². The standard InChI is InChI=1S/C13H17FN2O2S/c14-9-3-4-11(15)12(6-9)19-8-13(17)16-7-10-2-1-5-18-10/h3-4,6,10H,1-2,5,7-8,15H2,(H,16,17). The highest BCUT2D eigenvalue weighted by atomic mass is 32.2. The minimum Gasteiger partial charge on any atom is -0.398 e. The second kappa shape index (κ2) is 6.77.